The van der Waals surface area contributed by atoms with E-state index in [1.54, 1.807) is 24.3 Å². The van der Waals surface area contributed by atoms with Crippen LogP contribution >= 0.6 is 0 Å². The van der Waals surface area contributed by atoms with E-state index >= 15 is 0 Å². The third-order valence-electron chi connectivity index (χ3n) is 2.93. The van der Waals surface area contributed by atoms with Gasteiger partial charge < -0.3 is 14.9 Å². The van der Waals surface area contributed by atoms with Crippen LogP contribution in [0.15, 0.2) is 40.1 Å². The largest absolute Gasteiger partial charge is 0.407 e. The van der Waals surface area contributed by atoms with Crippen LogP contribution in [0, 0.1) is 0 Å². The predicted molar refractivity (Wildman–Crippen MR) is 78.7 cm³/mol. The molecule has 0 aliphatic rings. The normalized spacial score (nSPS) is 11.7. The summed E-state index contributed by atoms with van der Waals surface area (Å²) < 4.78 is 10.7. The van der Waals surface area contributed by atoms with Gasteiger partial charge in [-0.3, -0.25) is 0 Å². The molecule has 1 aromatic heterocycles. The van der Waals surface area contributed by atoms with Gasteiger partial charge in [0.25, 0.3) is 0 Å². The molecule has 1 aromatic carbocycles. The number of benzene rings is 1. The zero-order chi connectivity index (χ0) is 14.8. The fraction of sp³-hybridized carbons (Fsp3) is 0.333. The Morgan fingerprint density at radius 3 is 2.95 bits per heavy atom. The van der Waals surface area contributed by atoms with Crippen LogP contribution in [0.25, 0.3) is 10.9 Å². The van der Waals surface area contributed by atoms with E-state index in [2.05, 4.69) is 11.6 Å². The molecule has 0 saturated heterocycles. The van der Waals surface area contributed by atoms with E-state index < -0.39 is 11.0 Å². The van der Waals surface area contributed by atoms with Gasteiger partial charge in [-0.25, -0.2) is 9.78 Å². The molecule has 0 aliphatic heterocycles. The van der Waals surface area contributed by atoms with Crippen molar-refractivity contribution in [3.05, 3.63) is 47.2 Å². The second kappa shape index (κ2) is 5.46. The maximum atomic E-state index is 12.0. The number of hydrogen-bond donors (Lipinski definition) is 1. The molecule has 0 aliphatic carbocycles. The Kier molecular flexibility index (Phi) is 3.90. The van der Waals surface area contributed by atoms with Crippen LogP contribution in [0.1, 0.15) is 19.7 Å². The van der Waals surface area contributed by atoms with Crippen molar-refractivity contribution in [1.29, 1.82) is 0 Å². The summed E-state index contributed by atoms with van der Waals surface area (Å²) in [5.41, 5.74) is 5.80. The zero-order valence-electron chi connectivity index (χ0n) is 11.7. The van der Waals surface area contributed by atoms with E-state index in [1.165, 1.54) is 0 Å². The molecular formula is C15H18N2O3. The summed E-state index contributed by atoms with van der Waals surface area (Å²) in [4.78, 5) is 16.4. The SMILES string of the molecule is C=CCOCC(C)(C)c1nc2ccc(N)cc2c(=O)o1. The van der Waals surface area contributed by atoms with E-state index in [1.807, 2.05) is 13.8 Å². The molecule has 20 heavy (non-hydrogen) atoms. The summed E-state index contributed by atoms with van der Waals surface area (Å²) in [5, 5.41) is 0.386. The molecule has 0 radical (unpaired) electrons. The van der Waals surface area contributed by atoms with Gasteiger partial charge in [0, 0.05) is 5.69 Å². The number of rotatable bonds is 5. The molecule has 106 valence electrons. The predicted octanol–water partition coefficient (Wildman–Crippen LogP) is 2.25. The van der Waals surface area contributed by atoms with Gasteiger partial charge in [0.1, 0.15) is 0 Å². The first-order valence-corrected chi connectivity index (χ1v) is 6.33. The molecule has 5 nitrogen and oxygen atoms in total. The van der Waals surface area contributed by atoms with Crippen molar-refractivity contribution in [3.63, 3.8) is 0 Å². The van der Waals surface area contributed by atoms with Crippen LogP contribution in [-0.4, -0.2) is 18.2 Å². The van der Waals surface area contributed by atoms with Gasteiger partial charge in [-0.15, -0.1) is 6.58 Å². The van der Waals surface area contributed by atoms with E-state index in [4.69, 9.17) is 14.9 Å². The topological polar surface area (TPSA) is 78.4 Å². The lowest BCUT2D eigenvalue weighted by atomic mass is 9.94. The van der Waals surface area contributed by atoms with Crippen molar-refractivity contribution < 1.29 is 9.15 Å². The molecule has 0 atom stereocenters. The van der Waals surface area contributed by atoms with Gasteiger partial charge in [-0.1, -0.05) is 6.08 Å². The Hall–Kier alpha value is -2.14. The van der Waals surface area contributed by atoms with Gasteiger partial charge in [0.15, 0.2) is 0 Å². The van der Waals surface area contributed by atoms with Crippen LogP contribution in [0.3, 0.4) is 0 Å². The van der Waals surface area contributed by atoms with Crippen LogP contribution in [0.4, 0.5) is 5.69 Å². The van der Waals surface area contributed by atoms with Gasteiger partial charge >= 0.3 is 5.63 Å². The molecular weight excluding hydrogens is 256 g/mol. The van der Waals surface area contributed by atoms with Crippen molar-refractivity contribution in [1.82, 2.24) is 4.98 Å². The minimum atomic E-state index is -0.502. The summed E-state index contributed by atoms with van der Waals surface area (Å²) in [6.07, 6.45) is 1.67. The molecule has 0 fully saturated rings. The van der Waals surface area contributed by atoms with Crippen molar-refractivity contribution >= 4 is 16.6 Å². The number of hydrogen-bond acceptors (Lipinski definition) is 5. The number of nitrogen functional groups attached to an aromatic ring is 1. The number of nitrogens with two attached hydrogens (primary N) is 1. The minimum Gasteiger partial charge on any atom is -0.407 e. The molecule has 2 N–H and O–H groups in total. The van der Waals surface area contributed by atoms with Crippen molar-refractivity contribution in [2.75, 3.05) is 18.9 Å². The first kappa shape index (κ1) is 14.3. The highest BCUT2D eigenvalue weighted by Crippen LogP contribution is 2.23. The van der Waals surface area contributed by atoms with Gasteiger partial charge in [0.05, 0.1) is 29.5 Å². The van der Waals surface area contributed by atoms with Crippen LogP contribution in [0.5, 0.6) is 0 Å². The fourth-order valence-corrected chi connectivity index (χ4v) is 1.84. The molecule has 0 unspecified atom stereocenters. The number of fused-ring (bicyclic) bond motifs is 1. The number of ether oxygens (including phenoxy) is 1. The lowest BCUT2D eigenvalue weighted by molar-refractivity contribution is 0.103. The smallest absolute Gasteiger partial charge is 0.346 e. The molecule has 0 spiro atoms. The second-order valence-corrected chi connectivity index (χ2v) is 5.27. The van der Waals surface area contributed by atoms with Crippen molar-refractivity contribution in [2.45, 2.75) is 19.3 Å². The molecule has 0 amide bonds. The summed E-state index contributed by atoms with van der Waals surface area (Å²) >= 11 is 0. The average molecular weight is 274 g/mol. The fourth-order valence-electron chi connectivity index (χ4n) is 1.84. The second-order valence-electron chi connectivity index (χ2n) is 5.27. The summed E-state index contributed by atoms with van der Waals surface area (Å²) in [6, 6.07) is 4.99. The van der Waals surface area contributed by atoms with Crippen molar-refractivity contribution in [2.24, 2.45) is 0 Å². The summed E-state index contributed by atoms with van der Waals surface area (Å²) in [7, 11) is 0. The minimum absolute atomic E-state index is 0.351. The van der Waals surface area contributed by atoms with Gasteiger partial charge in [-0.05, 0) is 32.0 Å². The number of nitrogens with zero attached hydrogens (tertiary/aromatic N) is 1. The van der Waals surface area contributed by atoms with Crippen LogP contribution < -0.4 is 11.4 Å². The van der Waals surface area contributed by atoms with E-state index in [0.29, 0.717) is 35.7 Å². The Bertz CT molecular complexity index is 689. The highest BCUT2D eigenvalue weighted by molar-refractivity contribution is 5.80. The molecule has 2 aromatic rings. The Morgan fingerprint density at radius 1 is 1.50 bits per heavy atom. The molecule has 0 bridgehead atoms. The van der Waals surface area contributed by atoms with E-state index in [9.17, 15) is 4.79 Å². The van der Waals surface area contributed by atoms with Gasteiger partial charge in [0.2, 0.25) is 5.89 Å². The third-order valence-corrected chi connectivity index (χ3v) is 2.93. The highest BCUT2D eigenvalue weighted by Gasteiger charge is 2.27. The molecule has 0 saturated carbocycles. The summed E-state index contributed by atoms with van der Waals surface area (Å²) in [6.45, 7) is 8.23. The zero-order valence-corrected chi connectivity index (χ0v) is 11.7. The number of anilines is 1. The maximum Gasteiger partial charge on any atom is 0.346 e. The average Bonchev–Trinajstić information content (AvgIpc) is 2.39. The highest BCUT2D eigenvalue weighted by atomic mass is 16.5. The van der Waals surface area contributed by atoms with Crippen LogP contribution in [-0.2, 0) is 10.2 Å². The Labute approximate surface area is 117 Å². The van der Waals surface area contributed by atoms with E-state index in [0.717, 1.165) is 0 Å². The van der Waals surface area contributed by atoms with Crippen molar-refractivity contribution in [3.8, 4) is 0 Å². The quantitative estimate of drug-likeness (QED) is 0.514. The first-order valence-electron chi connectivity index (χ1n) is 6.33. The van der Waals surface area contributed by atoms with Gasteiger partial charge in [-0.2, -0.15) is 0 Å². The maximum absolute atomic E-state index is 12.0. The first-order chi connectivity index (χ1) is 9.44. The third kappa shape index (κ3) is 2.88. The Balaban J connectivity index is 2.42. The monoisotopic (exact) mass is 274 g/mol. The Morgan fingerprint density at radius 2 is 2.25 bits per heavy atom. The molecule has 1 heterocycles. The van der Waals surface area contributed by atoms with E-state index in [-0.39, 0.29) is 0 Å². The summed E-state index contributed by atoms with van der Waals surface area (Å²) in [5.74, 6) is 0.351. The molecule has 5 heteroatoms. The standard InChI is InChI=1S/C15H18N2O3/c1-4-7-19-9-15(2,3)14-17-12-6-5-10(16)8-11(12)13(18)20-14/h4-6,8H,1,7,9,16H2,2-3H3. The number of aromatic nitrogens is 1. The van der Waals surface area contributed by atoms with Crippen LogP contribution in [0.2, 0.25) is 0 Å². The molecule has 2 rings (SSSR count). The lowest BCUT2D eigenvalue weighted by Crippen LogP contribution is -2.27. The lowest BCUT2D eigenvalue weighted by Gasteiger charge is -2.21.